The number of hydrogen-bond donors (Lipinski definition) is 2. The molecule has 0 radical (unpaired) electrons. The molecule has 0 bridgehead atoms. The number of benzene rings is 1. The first-order chi connectivity index (χ1) is 9.54. The van der Waals surface area contributed by atoms with Crippen molar-refractivity contribution in [2.45, 2.75) is 39.0 Å². The van der Waals surface area contributed by atoms with Crippen LogP contribution >= 0.6 is 11.6 Å². The average Bonchev–Trinajstić information content (AvgIpc) is 2.37. The van der Waals surface area contributed by atoms with Gasteiger partial charge in [-0.1, -0.05) is 37.8 Å². The molecule has 3 nitrogen and oxygen atoms in total. The van der Waals surface area contributed by atoms with Crippen LogP contribution in [-0.2, 0) is 0 Å². The molecule has 2 atom stereocenters. The smallest absolute Gasteiger partial charge is 0.251 e. The molecule has 2 rings (SSSR count). The zero-order valence-electron chi connectivity index (χ0n) is 12.0. The van der Waals surface area contributed by atoms with E-state index in [1.165, 1.54) is 25.7 Å². The minimum Gasteiger partial charge on any atom is -0.399 e. The molecule has 0 spiro atoms. The van der Waals surface area contributed by atoms with Crippen molar-refractivity contribution in [2.24, 2.45) is 11.8 Å². The summed E-state index contributed by atoms with van der Waals surface area (Å²) in [5.74, 6) is 1.49. The first kappa shape index (κ1) is 15.2. The molecule has 1 aromatic rings. The van der Waals surface area contributed by atoms with E-state index < -0.39 is 0 Å². The van der Waals surface area contributed by atoms with Gasteiger partial charge in [-0.05, 0) is 42.9 Å². The molecule has 1 saturated carbocycles. The second kappa shape index (κ2) is 6.98. The fraction of sp³-hybridized carbons (Fsp3) is 0.562. The number of carbonyl (C=O) groups excluding carboxylic acids is 1. The lowest BCUT2D eigenvalue weighted by molar-refractivity contribution is 0.0949. The predicted molar refractivity (Wildman–Crippen MR) is 83.9 cm³/mol. The van der Waals surface area contributed by atoms with E-state index in [0.717, 1.165) is 24.8 Å². The van der Waals surface area contributed by atoms with Gasteiger partial charge in [0.25, 0.3) is 5.91 Å². The molecule has 4 heteroatoms. The van der Waals surface area contributed by atoms with Gasteiger partial charge in [0.1, 0.15) is 0 Å². The lowest BCUT2D eigenvalue weighted by atomic mass is 9.81. The third-order valence-electron chi connectivity index (χ3n) is 4.07. The quantitative estimate of drug-likeness (QED) is 0.828. The Morgan fingerprint density at radius 2 is 2.20 bits per heavy atom. The van der Waals surface area contributed by atoms with Crippen LogP contribution in [0, 0.1) is 11.8 Å². The van der Waals surface area contributed by atoms with Crippen LogP contribution in [0.3, 0.4) is 0 Å². The number of nitrogen functional groups attached to an aromatic ring is 1. The largest absolute Gasteiger partial charge is 0.399 e. The number of hydrogen-bond acceptors (Lipinski definition) is 2. The van der Waals surface area contributed by atoms with Crippen LogP contribution in [0.1, 0.15) is 49.4 Å². The molecule has 2 unspecified atom stereocenters. The Balaban J connectivity index is 1.80. The molecule has 3 N–H and O–H groups in total. The Bertz CT molecular complexity index is 455. The predicted octanol–water partition coefficient (Wildman–Crippen LogP) is 3.87. The van der Waals surface area contributed by atoms with E-state index in [1.807, 2.05) is 0 Å². The topological polar surface area (TPSA) is 55.1 Å². The molecule has 1 aliphatic rings. The van der Waals surface area contributed by atoms with Crippen molar-refractivity contribution in [1.82, 2.24) is 5.32 Å². The van der Waals surface area contributed by atoms with Gasteiger partial charge in [-0.15, -0.1) is 0 Å². The van der Waals surface area contributed by atoms with Gasteiger partial charge in [0.05, 0.1) is 0 Å². The zero-order valence-corrected chi connectivity index (χ0v) is 12.7. The van der Waals surface area contributed by atoms with Crippen LogP contribution in [0.5, 0.6) is 0 Å². The number of carbonyl (C=O) groups is 1. The SMILES string of the molecule is CC1CCCC(CCNC(=O)c2cc(N)cc(Cl)c2)C1. The standard InChI is InChI=1S/C16H23ClN2O/c1-11-3-2-4-12(7-11)5-6-19-16(20)13-8-14(17)10-15(18)9-13/h8-12H,2-7,18H2,1H3,(H,19,20). The number of nitrogens with one attached hydrogen (secondary N) is 1. The van der Waals surface area contributed by atoms with Gasteiger partial charge < -0.3 is 11.1 Å². The van der Waals surface area contributed by atoms with Crippen molar-refractivity contribution < 1.29 is 4.79 Å². The average molecular weight is 295 g/mol. The second-order valence-electron chi connectivity index (χ2n) is 5.96. The Kier molecular flexibility index (Phi) is 5.30. The van der Waals surface area contributed by atoms with Gasteiger partial charge in [-0.2, -0.15) is 0 Å². The minimum absolute atomic E-state index is 0.0944. The van der Waals surface area contributed by atoms with Crippen LogP contribution in [0.2, 0.25) is 5.02 Å². The lowest BCUT2D eigenvalue weighted by Crippen LogP contribution is -2.27. The van der Waals surface area contributed by atoms with Crippen molar-refractivity contribution in [2.75, 3.05) is 12.3 Å². The third-order valence-corrected chi connectivity index (χ3v) is 4.28. The number of halogens is 1. The normalized spacial score (nSPS) is 22.5. The van der Waals surface area contributed by atoms with E-state index in [4.69, 9.17) is 17.3 Å². The molecular weight excluding hydrogens is 272 g/mol. The van der Waals surface area contributed by atoms with Crippen LogP contribution in [0.4, 0.5) is 5.69 Å². The molecule has 0 saturated heterocycles. The zero-order chi connectivity index (χ0) is 14.5. The van der Waals surface area contributed by atoms with Crippen molar-refractivity contribution in [3.63, 3.8) is 0 Å². The van der Waals surface area contributed by atoms with Gasteiger partial charge in [-0.25, -0.2) is 0 Å². The van der Waals surface area contributed by atoms with Crippen LogP contribution in [-0.4, -0.2) is 12.5 Å². The molecule has 1 aliphatic carbocycles. The van der Waals surface area contributed by atoms with Gasteiger partial charge in [0.2, 0.25) is 0 Å². The fourth-order valence-electron chi connectivity index (χ4n) is 3.06. The van der Waals surface area contributed by atoms with Crippen molar-refractivity contribution in [3.8, 4) is 0 Å². The summed E-state index contributed by atoms with van der Waals surface area (Å²) in [6, 6.07) is 4.95. The van der Waals surface area contributed by atoms with Crippen LogP contribution in [0.25, 0.3) is 0 Å². The summed E-state index contributed by atoms with van der Waals surface area (Å²) in [5, 5.41) is 3.46. The number of anilines is 1. The minimum atomic E-state index is -0.0944. The highest BCUT2D eigenvalue weighted by Crippen LogP contribution is 2.30. The third kappa shape index (κ3) is 4.41. The summed E-state index contributed by atoms with van der Waals surface area (Å²) in [5.41, 5.74) is 6.75. The molecule has 110 valence electrons. The molecule has 0 aromatic heterocycles. The summed E-state index contributed by atoms with van der Waals surface area (Å²) in [6.07, 6.45) is 6.33. The maximum absolute atomic E-state index is 12.0. The maximum Gasteiger partial charge on any atom is 0.251 e. The van der Waals surface area contributed by atoms with E-state index in [1.54, 1.807) is 18.2 Å². The Hall–Kier alpha value is -1.22. The summed E-state index contributed by atoms with van der Waals surface area (Å²) in [6.45, 7) is 3.04. The molecule has 20 heavy (non-hydrogen) atoms. The molecule has 0 aliphatic heterocycles. The van der Waals surface area contributed by atoms with Crippen LogP contribution < -0.4 is 11.1 Å². The van der Waals surface area contributed by atoms with Crippen molar-refractivity contribution >= 4 is 23.2 Å². The summed E-state index contributed by atoms with van der Waals surface area (Å²) < 4.78 is 0. The first-order valence-electron chi connectivity index (χ1n) is 7.39. The highest BCUT2D eigenvalue weighted by Gasteiger charge is 2.18. The summed E-state index contributed by atoms with van der Waals surface area (Å²) in [4.78, 5) is 12.0. The van der Waals surface area contributed by atoms with Gasteiger partial charge >= 0.3 is 0 Å². The van der Waals surface area contributed by atoms with E-state index in [9.17, 15) is 4.79 Å². The Labute approximate surface area is 125 Å². The maximum atomic E-state index is 12.0. The highest BCUT2D eigenvalue weighted by molar-refractivity contribution is 6.31. The number of amides is 1. The Morgan fingerprint density at radius 3 is 2.90 bits per heavy atom. The molecule has 1 fully saturated rings. The lowest BCUT2D eigenvalue weighted by Gasteiger charge is -2.26. The summed E-state index contributed by atoms with van der Waals surface area (Å²) in [7, 11) is 0. The van der Waals surface area contributed by atoms with Gasteiger partial charge in [0, 0.05) is 22.8 Å². The van der Waals surface area contributed by atoms with Gasteiger partial charge in [-0.3, -0.25) is 4.79 Å². The second-order valence-corrected chi connectivity index (χ2v) is 6.39. The summed E-state index contributed by atoms with van der Waals surface area (Å²) >= 11 is 5.91. The Morgan fingerprint density at radius 1 is 1.40 bits per heavy atom. The van der Waals surface area contributed by atoms with Crippen molar-refractivity contribution in [3.05, 3.63) is 28.8 Å². The number of nitrogens with two attached hydrogens (primary N) is 1. The van der Waals surface area contributed by atoms with Gasteiger partial charge in [0.15, 0.2) is 0 Å². The number of rotatable bonds is 4. The van der Waals surface area contributed by atoms with Crippen molar-refractivity contribution in [1.29, 1.82) is 0 Å². The molecular formula is C16H23ClN2O. The van der Waals surface area contributed by atoms with E-state index in [-0.39, 0.29) is 5.91 Å². The fourth-order valence-corrected chi connectivity index (χ4v) is 3.30. The molecule has 1 aromatic carbocycles. The van der Waals surface area contributed by atoms with Crippen LogP contribution in [0.15, 0.2) is 18.2 Å². The van der Waals surface area contributed by atoms with E-state index >= 15 is 0 Å². The van der Waals surface area contributed by atoms with E-state index in [0.29, 0.717) is 16.3 Å². The molecule has 0 heterocycles. The van der Waals surface area contributed by atoms with E-state index in [2.05, 4.69) is 12.2 Å². The first-order valence-corrected chi connectivity index (χ1v) is 7.76. The highest BCUT2D eigenvalue weighted by atomic mass is 35.5. The monoisotopic (exact) mass is 294 g/mol. The molecule has 1 amide bonds.